The van der Waals surface area contributed by atoms with Crippen molar-refractivity contribution in [2.45, 2.75) is 31.5 Å². The minimum absolute atomic E-state index is 0.0295. The van der Waals surface area contributed by atoms with Gasteiger partial charge in [-0.25, -0.2) is 0 Å². The van der Waals surface area contributed by atoms with Crippen LogP contribution >= 0.6 is 0 Å². The van der Waals surface area contributed by atoms with E-state index >= 15 is 0 Å². The molecule has 1 heterocycles. The van der Waals surface area contributed by atoms with Gasteiger partial charge in [0.15, 0.2) is 0 Å². The van der Waals surface area contributed by atoms with Gasteiger partial charge in [-0.05, 0) is 25.0 Å². The second-order valence-corrected chi connectivity index (χ2v) is 5.42. The third-order valence-corrected chi connectivity index (χ3v) is 3.74. The second-order valence-electron chi connectivity index (χ2n) is 5.42. The minimum atomic E-state index is -1.03. The quantitative estimate of drug-likeness (QED) is 0.555. The number of ether oxygens (including phenoxy) is 1. The van der Waals surface area contributed by atoms with Gasteiger partial charge in [-0.2, -0.15) is 0 Å². The van der Waals surface area contributed by atoms with E-state index in [1.165, 1.54) is 7.11 Å². The Morgan fingerprint density at radius 1 is 1.13 bits per heavy atom. The number of esters is 1. The number of carbonyl (C=O) groups is 3. The van der Waals surface area contributed by atoms with Gasteiger partial charge in [0.05, 0.1) is 36.9 Å². The minimum Gasteiger partial charge on any atom is -0.469 e. The van der Waals surface area contributed by atoms with E-state index < -0.39 is 18.2 Å². The van der Waals surface area contributed by atoms with Crippen LogP contribution in [0.25, 0.3) is 0 Å². The van der Waals surface area contributed by atoms with Crippen LogP contribution in [-0.2, 0) is 9.53 Å². The molecule has 0 aromatic heterocycles. The third-order valence-electron chi connectivity index (χ3n) is 3.74. The number of imide groups is 1. The molecule has 7 heteroatoms. The van der Waals surface area contributed by atoms with Crippen LogP contribution in [0.2, 0.25) is 0 Å². The fraction of sp³-hybridized carbons (Fsp3) is 0.438. The Morgan fingerprint density at radius 2 is 1.70 bits per heavy atom. The maximum Gasteiger partial charge on any atom is 0.308 e. The average molecular weight is 321 g/mol. The second kappa shape index (κ2) is 7.34. The van der Waals surface area contributed by atoms with Crippen LogP contribution < -0.4 is 0 Å². The molecule has 0 fully saturated rings. The predicted octanol–water partition coefficient (Wildman–Crippen LogP) is 0.348. The Kier molecular flexibility index (Phi) is 5.46. The molecule has 7 nitrogen and oxygen atoms in total. The van der Waals surface area contributed by atoms with Crippen molar-refractivity contribution in [3.05, 3.63) is 35.4 Å². The molecule has 124 valence electrons. The SMILES string of the molecule is COC(=O)C[C@H](O)C[C@H](O)CCN1C(=O)c2ccccc2C1=O. The molecule has 0 unspecified atom stereocenters. The van der Waals surface area contributed by atoms with Gasteiger partial charge in [-0.1, -0.05) is 12.1 Å². The molecule has 1 aromatic rings. The Hall–Kier alpha value is -2.25. The highest BCUT2D eigenvalue weighted by molar-refractivity contribution is 6.21. The fourth-order valence-corrected chi connectivity index (χ4v) is 2.51. The molecule has 0 saturated carbocycles. The number of fused-ring (bicyclic) bond motifs is 1. The first-order valence-corrected chi connectivity index (χ1v) is 7.32. The highest BCUT2D eigenvalue weighted by Gasteiger charge is 2.35. The van der Waals surface area contributed by atoms with Crippen molar-refractivity contribution in [3.8, 4) is 0 Å². The lowest BCUT2D eigenvalue weighted by atomic mass is 10.1. The van der Waals surface area contributed by atoms with E-state index in [9.17, 15) is 24.6 Å². The summed E-state index contributed by atoms with van der Waals surface area (Å²) in [6.07, 6.45) is -2.07. The van der Waals surface area contributed by atoms with E-state index in [0.29, 0.717) is 11.1 Å². The van der Waals surface area contributed by atoms with Crippen molar-refractivity contribution < 1.29 is 29.3 Å². The third kappa shape index (κ3) is 3.94. The molecule has 2 rings (SSSR count). The van der Waals surface area contributed by atoms with Crippen molar-refractivity contribution in [1.82, 2.24) is 4.90 Å². The first-order chi connectivity index (χ1) is 10.9. The van der Waals surface area contributed by atoms with Crippen molar-refractivity contribution >= 4 is 17.8 Å². The zero-order chi connectivity index (χ0) is 17.0. The highest BCUT2D eigenvalue weighted by atomic mass is 16.5. The maximum absolute atomic E-state index is 12.1. The van der Waals surface area contributed by atoms with Crippen molar-refractivity contribution in [2.24, 2.45) is 0 Å². The van der Waals surface area contributed by atoms with Crippen LogP contribution in [0.15, 0.2) is 24.3 Å². The van der Waals surface area contributed by atoms with Crippen LogP contribution in [-0.4, -0.2) is 58.8 Å². The molecule has 2 N–H and O–H groups in total. The average Bonchev–Trinajstić information content (AvgIpc) is 2.77. The summed E-state index contributed by atoms with van der Waals surface area (Å²) >= 11 is 0. The highest BCUT2D eigenvalue weighted by Crippen LogP contribution is 2.23. The van der Waals surface area contributed by atoms with Gasteiger partial charge in [0, 0.05) is 6.54 Å². The van der Waals surface area contributed by atoms with E-state index in [-0.39, 0.29) is 37.6 Å². The molecule has 0 aliphatic carbocycles. The largest absolute Gasteiger partial charge is 0.469 e. The van der Waals surface area contributed by atoms with Gasteiger partial charge in [0.1, 0.15) is 0 Å². The summed E-state index contributed by atoms with van der Waals surface area (Å²) in [4.78, 5) is 36.4. The van der Waals surface area contributed by atoms with Gasteiger partial charge < -0.3 is 14.9 Å². The Morgan fingerprint density at radius 3 is 2.22 bits per heavy atom. The molecule has 0 saturated heterocycles. The lowest BCUT2D eigenvalue weighted by Gasteiger charge is -2.18. The normalized spacial score (nSPS) is 16.2. The standard InChI is InChI=1S/C16H19NO6/c1-23-14(20)9-11(19)8-10(18)6-7-17-15(21)12-4-2-3-5-13(12)16(17)22/h2-5,10-11,18-19H,6-9H2,1H3/t10-,11-/m1/s1. The van der Waals surface area contributed by atoms with Gasteiger partial charge in [-0.3, -0.25) is 19.3 Å². The summed E-state index contributed by atoms with van der Waals surface area (Å²) in [5, 5.41) is 19.5. The van der Waals surface area contributed by atoms with Gasteiger partial charge in [0.25, 0.3) is 11.8 Å². The van der Waals surface area contributed by atoms with Crippen LogP contribution in [0, 0.1) is 0 Å². The lowest BCUT2D eigenvalue weighted by molar-refractivity contribution is -0.143. The molecule has 0 bridgehead atoms. The molecule has 0 radical (unpaired) electrons. The predicted molar refractivity (Wildman–Crippen MR) is 79.7 cm³/mol. The maximum atomic E-state index is 12.1. The van der Waals surface area contributed by atoms with Crippen molar-refractivity contribution in [1.29, 1.82) is 0 Å². The lowest BCUT2D eigenvalue weighted by Crippen LogP contribution is -2.33. The summed E-state index contributed by atoms with van der Waals surface area (Å²) in [5.41, 5.74) is 0.718. The molecule has 2 atom stereocenters. The number of hydrogen-bond acceptors (Lipinski definition) is 6. The number of rotatable bonds is 7. The number of methoxy groups -OCH3 is 1. The number of hydrogen-bond donors (Lipinski definition) is 2. The van der Waals surface area contributed by atoms with Crippen molar-refractivity contribution in [2.75, 3.05) is 13.7 Å². The van der Waals surface area contributed by atoms with Gasteiger partial charge >= 0.3 is 5.97 Å². The molecule has 23 heavy (non-hydrogen) atoms. The molecule has 1 aromatic carbocycles. The number of carbonyl (C=O) groups excluding carboxylic acids is 3. The molecular formula is C16H19NO6. The van der Waals surface area contributed by atoms with Crippen LogP contribution in [0.1, 0.15) is 40.0 Å². The Bertz CT molecular complexity index is 579. The van der Waals surface area contributed by atoms with Crippen LogP contribution in [0.3, 0.4) is 0 Å². The summed E-state index contributed by atoms with van der Waals surface area (Å²) in [6, 6.07) is 6.55. The summed E-state index contributed by atoms with van der Waals surface area (Å²) < 4.78 is 4.43. The van der Waals surface area contributed by atoms with E-state index in [2.05, 4.69) is 4.74 Å². The molecular weight excluding hydrogens is 302 g/mol. The smallest absolute Gasteiger partial charge is 0.308 e. The molecule has 1 aliphatic heterocycles. The Labute approximate surface area is 133 Å². The van der Waals surface area contributed by atoms with E-state index in [1.54, 1.807) is 24.3 Å². The van der Waals surface area contributed by atoms with Crippen LogP contribution in [0.5, 0.6) is 0 Å². The summed E-state index contributed by atoms with van der Waals surface area (Å²) in [6.45, 7) is 0.0540. The van der Waals surface area contributed by atoms with Gasteiger partial charge in [-0.15, -0.1) is 0 Å². The number of nitrogens with zero attached hydrogens (tertiary/aromatic N) is 1. The summed E-state index contributed by atoms with van der Waals surface area (Å²) in [7, 11) is 1.22. The zero-order valence-corrected chi connectivity index (χ0v) is 12.8. The van der Waals surface area contributed by atoms with E-state index in [1.807, 2.05) is 0 Å². The molecule has 2 amide bonds. The van der Waals surface area contributed by atoms with Gasteiger partial charge in [0.2, 0.25) is 0 Å². The number of benzene rings is 1. The van der Waals surface area contributed by atoms with Crippen LogP contribution in [0.4, 0.5) is 0 Å². The number of aliphatic hydroxyl groups excluding tert-OH is 2. The molecule has 1 aliphatic rings. The first kappa shape index (κ1) is 17.1. The van der Waals surface area contributed by atoms with E-state index in [4.69, 9.17) is 0 Å². The number of amides is 2. The van der Waals surface area contributed by atoms with Crippen molar-refractivity contribution in [3.63, 3.8) is 0 Å². The first-order valence-electron chi connectivity index (χ1n) is 7.32. The zero-order valence-electron chi connectivity index (χ0n) is 12.8. The topological polar surface area (TPSA) is 104 Å². The molecule has 0 spiro atoms. The van der Waals surface area contributed by atoms with E-state index in [0.717, 1.165) is 4.90 Å². The fourth-order valence-electron chi connectivity index (χ4n) is 2.51. The summed E-state index contributed by atoms with van der Waals surface area (Å²) in [5.74, 6) is -1.33. The Balaban J connectivity index is 1.86. The number of aliphatic hydroxyl groups is 2. The monoisotopic (exact) mass is 321 g/mol.